The number of likely N-dealkylation sites (tertiary alicyclic amines) is 1. The van der Waals surface area contributed by atoms with Crippen LogP contribution in [0.15, 0.2) is 0 Å². The van der Waals surface area contributed by atoms with E-state index in [1.165, 1.54) is 0 Å². The number of nitrogens with zero attached hydrogens (tertiary/aromatic N) is 1. The summed E-state index contributed by atoms with van der Waals surface area (Å²) in [6.45, 7) is 2.06. The molecule has 1 atom stereocenters. The molecule has 2 aliphatic rings. The van der Waals surface area contributed by atoms with Crippen LogP contribution in [0.1, 0.15) is 38.5 Å². The Morgan fingerprint density at radius 2 is 1.65 bits per heavy atom. The normalized spacial score (nSPS) is 34.8. The van der Waals surface area contributed by atoms with E-state index in [4.69, 9.17) is 4.74 Å². The van der Waals surface area contributed by atoms with Gasteiger partial charge in [0.2, 0.25) is 0 Å². The predicted molar refractivity (Wildman–Crippen MR) is 65.6 cm³/mol. The van der Waals surface area contributed by atoms with Gasteiger partial charge in [-0.3, -0.25) is 0 Å². The summed E-state index contributed by atoms with van der Waals surface area (Å²) in [4.78, 5) is 2.52. The Morgan fingerprint density at radius 3 is 2.18 bits per heavy atom. The molecule has 4 nitrogen and oxygen atoms in total. The van der Waals surface area contributed by atoms with Crippen molar-refractivity contribution >= 4 is 0 Å². The van der Waals surface area contributed by atoms with Crippen LogP contribution in [0.25, 0.3) is 0 Å². The van der Waals surface area contributed by atoms with Gasteiger partial charge >= 0.3 is 0 Å². The lowest BCUT2D eigenvalue weighted by molar-refractivity contribution is -0.124. The summed E-state index contributed by atoms with van der Waals surface area (Å²) in [5.41, 5.74) is 0. The Kier molecular flexibility index (Phi) is 4.79. The maximum absolute atomic E-state index is 9.65. The number of methoxy groups -OCH3 is 1. The fourth-order valence-corrected chi connectivity index (χ4v) is 3.20. The first kappa shape index (κ1) is 13.3. The van der Waals surface area contributed by atoms with E-state index in [-0.39, 0.29) is 6.10 Å². The van der Waals surface area contributed by atoms with Crippen LogP contribution in [0.3, 0.4) is 0 Å². The molecule has 1 aliphatic carbocycles. The van der Waals surface area contributed by atoms with Crippen LogP contribution in [0, 0.1) is 5.92 Å². The van der Waals surface area contributed by atoms with Gasteiger partial charge in [0, 0.05) is 32.2 Å². The SMILES string of the molecule is COC(O)C1CCC(N2CCC(O)CC2)CC1. The molecular formula is C13H25NO3. The number of aliphatic hydroxyl groups excluding tert-OH is 2. The van der Waals surface area contributed by atoms with Crippen LogP contribution in [0.2, 0.25) is 0 Å². The molecule has 0 aromatic rings. The minimum absolute atomic E-state index is 0.0853. The summed E-state index contributed by atoms with van der Waals surface area (Å²) in [6, 6.07) is 0.655. The lowest BCUT2D eigenvalue weighted by atomic mass is 9.84. The summed E-state index contributed by atoms with van der Waals surface area (Å²) in [7, 11) is 1.57. The Bertz CT molecular complexity index is 221. The second-order valence-electron chi connectivity index (χ2n) is 5.46. The van der Waals surface area contributed by atoms with E-state index in [1.807, 2.05) is 0 Å². The topological polar surface area (TPSA) is 52.9 Å². The summed E-state index contributed by atoms with van der Waals surface area (Å²) in [6.07, 6.45) is 5.58. The molecule has 4 heteroatoms. The number of hydrogen-bond donors (Lipinski definition) is 2. The van der Waals surface area contributed by atoms with E-state index in [0.717, 1.165) is 51.6 Å². The molecule has 0 bridgehead atoms. The van der Waals surface area contributed by atoms with Gasteiger partial charge in [-0.2, -0.15) is 0 Å². The second kappa shape index (κ2) is 6.14. The monoisotopic (exact) mass is 243 g/mol. The molecule has 2 rings (SSSR count). The molecule has 17 heavy (non-hydrogen) atoms. The molecule has 0 amide bonds. The smallest absolute Gasteiger partial charge is 0.156 e. The van der Waals surface area contributed by atoms with E-state index in [9.17, 15) is 10.2 Å². The molecule has 0 aromatic carbocycles. The third-order valence-corrected chi connectivity index (χ3v) is 4.40. The van der Waals surface area contributed by atoms with Crippen LogP contribution < -0.4 is 0 Å². The summed E-state index contributed by atoms with van der Waals surface area (Å²) < 4.78 is 4.99. The van der Waals surface area contributed by atoms with Crippen LogP contribution in [0.4, 0.5) is 0 Å². The summed E-state index contributed by atoms with van der Waals surface area (Å²) in [5.74, 6) is 0.312. The zero-order chi connectivity index (χ0) is 12.3. The highest BCUT2D eigenvalue weighted by Crippen LogP contribution is 2.31. The minimum atomic E-state index is -0.584. The quantitative estimate of drug-likeness (QED) is 0.725. The highest BCUT2D eigenvalue weighted by atomic mass is 16.6. The van der Waals surface area contributed by atoms with Gasteiger partial charge in [-0.25, -0.2) is 0 Å². The van der Waals surface area contributed by atoms with Crippen LogP contribution >= 0.6 is 0 Å². The molecule has 0 aromatic heterocycles. The van der Waals surface area contributed by atoms with Crippen molar-refractivity contribution in [2.45, 2.75) is 57.0 Å². The van der Waals surface area contributed by atoms with E-state index >= 15 is 0 Å². The van der Waals surface area contributed by atoms with Crippen molar-refractivity contribution in [3.8, 4) is 0 Å². The summed E-state index contributed by atoms with van der Waals surface area (Å²) >= 11 is 0. The minimum Gasteiger partial charge on any atom is -0.393 e. The maximum Gasteiger partial charge on any atom is 0.156 e. The van der Waals surface area contributed by atoms with Gasteiger partial charge < -0.3 is 19.8 Å². The number of rotatable bonds is 3. The molecule has 100 valence electrons. The zero-order valence-corrected chi connectivity index (χ0v) is 10.7. The largest absolute Gasteiger partial charge is 0.393 e. The van der Waals surface area contributed by atoms with E-state index < -0.39 is 6.29 Å². The third-order valence-electron chi connectivity index (χ3n) is 4.40. The number of aliphatic hydroxyl groups is 2. The van der Waals surface area contributed by atoms with E-state index in [0.29, 0.717) is 12.0 Å². The van der Waals surface area contributed by atoms with Gasteiger partial charge in [0.15, 0.2) is 6.29 Å². The van der Waals surface area contributed by atoms with Gasteiger partial charge in [-0.1, -0.05) is 0 Å². The standard InChI is InChI=1S/C13H25NO3/c1-17-13(16)10-2-4-11(5-3-10)14-8-6-12(15)7-9-14/h10-13,15-16H,2-9H2,1H3. The molecule has 1 saturated heterocycles. The molecule has 0 spiro atoms. The molecule has 0 radical (unpaired) electrons. The molecular weight excluding hydrogens is 218 g/mol. The predicted octanol–water partition coefficient (Wildman–Crippen LogP) is 0.967. The average Bonchev–Trinajstić information content (AvgIpc) is 2.39. The van der Waals surface area contributed by atoms with Gasteiger partial charge in [0.25, 0.3) is 0 Å². The van der Waals surface area contributed by atoms with Crippen molar-refractivity contribution in [2.75, 3.05) is 20.2 Å². The van der Waals surface area contributed by atoms with Crippen LogP contribution in [-0.2, 0) is 4.74 Å². The number of ether oxygens (including phenoxy) is 1. The first-order chi connectivity index (χ1) is 8.20. The van der Waals surface area contributed by atoms with Crippen LogP contribution in [-0.4, -0.2) is 53.7 Å². The molecule has 1 heterocycles. The van der Waals surface area contributed by atoms with Gasteiger partial charge in [-0.15, -0.1) is 0 Å². The number of hydrogen-bond acceptors (Lipinski definition) is 4. The lowest BCUT2D eigenvalue weighted by Crippen LogP contribution is -2.45. The Balaban J connectivity index is 1.75. The van der Waals surface area contributed by atoms with Gasteiger partial charge in [-0.05, 0) is 38.5 Å². The highest BCUT2D eigenvalue weighted by molar-refractivity contribution is 4.83. The molecule has 1 aliphatic heterocycles. The van der Waals surface area contributed by atoms with Crippen molar-refractivity contribution in [3.05, 3.63) is 0 Å². The second-order valence-corrected chi connectivity index (χ2v) is 5.46. The van der Waals surface area contributed by atoms with Crippen molar-refractivity contribution in [3.63, 3.8) is 0 Å². The van der Waals surface area contributed by atoms with Crippen molar-refractivity contribution < 1.29 is 14.9 Å². The fourth-order valence-electron chi connectivity index (χ4n) is 3.20. The molecule has 2 fully saturated rings. The molecule has 1 unspecified atom stereocenters. The van der Waals surface area contributed by atoms with Crippen molar-refractivity contribution in [2.24, 2.45) is 5.92 Å². The molecule has 1 saturated carbocycles. The first-order valence-electron chi connectivity index (χ1n) is 6.83. The molecule has 2 N–H and O–H groups in total. The Morgan fingerprint density at radius 1 is 1.06 bits per heavy atom. The Labute approximate surface area is 104 Å². The third kappa shape index (κ3) is 3.41. The zero-order valence-electron chi connectivity index (χ0n) is 10.7. The lowest BCUT2D eigenvalue weighted by Gasteiger charge is -2.40. The average molecular weight is 243 g/mol. The van der Waals surface area contributed by atoms with E-state index in [1.54, 1.807) is 7.11 Å². The summed E-state index contributed by atoms with van der Waals surface area (Å²) in [5, 5.41) is 19.1. The highest BCUT2D eigenvalue weighted by Gasteiger charge is 2.30. The first-order valence-corrected chi connectivity index (χ1v) is 6.83. The van der Waals surface area contributed by atoms with Crippen molar-refractivity contribution in [1.29, 1.82) is 0 Å². The van der Waals surface area contributed by atoms with Crippen LogP contribution in [0.5, 0.6) is 0 Å². The number of piperidine rings is 1. The van der Waals surface area contributed by atoms with Gasteiger partial charge in [0.1, 0.15) is 0 Å². The maximum atomic E-state index is 9.65. The van der Waals surface area contributed by atoms with Crippen molar-refractivity contribution in [1.82, 2.24) is 4.90 Å². The Hall–Kier alpha value is -0.160. The fraction of sp³-hybridized carbons (Fsp3) is 1.00. The van der Waals surface area contributed by atoms with Gasteiger partial charge in [0.05, 0.1) is 6.10 Å². The van der Waals surface area contributed by atoms with E-state index in [2.05, 4.69) is 4.90 Å².